The van der Waals surface area contributed by atoms with Crippen LogP contribution in [-0.2, 0) is 16.0 Å². The Labute approximate surface area is 188 Å². The number of Topliss-reactive ketones (excluding diaryl/α,β-unsaturated/α-hetero) is 1. The number of hydrogen-bond acceptors (Lipinski definition) is 4. The zero-order chi connectivity index (χ0) is 22.4. The molecule has 1 amide bonds. The minimum absolute atomic E-state index is 0.0179. The van der Waals surface area contributed by atoms with Crippen molar-refractivity contribution >= 4 is 17.4 Å². The third kappa shape index (κ3) is 3.40. The van der Waals surface area contributed by atoms with E-state index in [9.17, 15) is 14.7 Å². The Bertz CT molecular complexity index is 1110. The van der Waals surface area contributed by atoms with E-state index in [0.717, 1.165) is 61.0 Å². The van der Waals surface area contributed by atoms with Crippen molar-refractivity contribution in [1.82, 2.24) is 4.90 Å². The Morgan fingerprint density at radius 1 is 1.06 bits per heavy atom. The summed E-state index contributed by atoms with van der Waals surface area (Å²) >= 11 is 0. The lowest BCUT2D eigenvalue weighted by Gasteiger charge is -2.36. The van der Waals surface area contributed by atoms with Crippen molar-refractivity contribution in [2.45, 2.75) is 70.6 Å². The second-order valence-corrected chi connectivity index (χ2v) is 9.31. The molecule has 1 aliphatic carbocycles. The molecule has 2 aromatic carbocycles. The van der Waals surface area contributed by atoms with Crippen molar-refractivity contribution < 1.29 is 19.4 Å². The molecule has 2 unspecified atom stereocenters. The van der Waals surface area contributed by atoms with Crippen molar-refractivity contribution in [3.8, 4) is 5.75 Å². The number of amides is 1. The molecule has 5 nitrogen and oxygen atoms in total. The summed E-state index contributed by atoms with van der Waals surface area (Å²) in [6, 6.07) is 12.8. The summed E-state index contributed by atoms with van der Waals surface area (Å²) in [5.74, 6) is -0.374. The fraction of sp³-hybridized carbons (Fsp3) is 0.407. The van der Waals surface area contributed by atoms with Crippen LogP contribution in [-0.4, -0.2) is 33.8 Å². The van der Waals surface area contributed by atoms with Gasteiger partial charge in [-0.2, -0.15) is 0 Å². The Hall–Kier alpha value is -3.08. The molecular formula is C27H29NO4. The summed E-state index contributed by atoms with van der Waals surface area (Å²) in [5, 5.41) is 11.4. The maximum Gasteiger partial charge on any atom is 0.295 e. The number of rotatable bonds is 3. The molecule has 0 bridgehead atoms. The molecule has 1 N–H and O–H groups in total. The quantitative estimate of drug-likeness (QED) is 0.418. The molecule has 1 saturated heterocycles. The van der Waals surface area contributed by atoms with E-state index >= 15 is 0 Å². The van der Waals surface area contributed by atoms with Crippen LogP contribution in [0, 0.1) is 6.92 Å². The van der Waals surface area contributed by atoms with E-state index in [2.05, 4.69) is 0 Å². The lowest BCUT2D eigenvalue weighted by molar-refractivity contribution is -0.141. The maximum absolute atomic E-state index is 13.3. The average Bonchev–Trinajstić information content (AvgIpc) is 3.30. The van der Waals surface area contributed by atoms with Crippen LogP contribution < -0.4 is 4.74 Å². The summed E-state index contributed by atoms with van der Waals surface area (Å²) in [6.07, 6.45) is 5.90. The number of nitrogens with zero attached hydrogens (tertiary/aromatic N) is 1. The van der Waals surface area contributed by atoms with E-state index in [4.69, 9.17) is 4.74 Å². The third-order valence-corrected chi connectivity index (χ3v) is 7.10. The molecule has 5 rings (SSSR count). The molecular weight excluding hydrogens is 402 g/mol. The first-order valence-corrected chi connectivity index (χ1v) is 11.6. The van der Waals surface area contributed by atoms with E-state index in [0.29, 0.717) is 5.56 Å². The molecule has 0 spiro atoms. The molecule has 2 heterocycles. The van der Waals surface area contributed by atoms with Gasteiger partial charge in [-0.25, -0.2) is 0 Å². The fourth-order valence-corrected chi connectivity index (χ4v) is 5.51. The van der Waals surface area contributed by atoms with Gasteiger partial charge in [-0.15, -0.1) is 0 Å². The topological polar surface area (TPSA) is 66.8 Å². The Balaban J connectivity index is 1.65. The number of carbonyl (C=O) groups is 2. The smallest absolute Gasteiger partial charge is 0.295 e. The van der Waals surface area contributed by atoms with Gasteiger partial charge in [-0.3, -0.25) is 9.59 Å². The van der Waals surface area contributed by atoms with Crippen LogP contribution in [0.1, 0.15) is 67.3 Å². The normalized spacial score (nSPS) is 25.1. The molecule has 2 aliphatic heterocycles. The number of ether oxygens (including phenoxy) is 1. The number of carbonyl (C=O) groups excluding carboxylic acids is 2. The predicted molar refractivity (Wildman–Crippen MR) is 122 cm³/mol. The van der Waals surface area contributed by atoms with E-state index < -0.39 is 17.7 Å². The van der Waals surface area contributed by atoms with Crippen LogP contribution in [0.5, 0.6) is 5.75 Å². The second kappa shape index (κ2) is 8.12. The number of hydrogen-bond donors (Lipinski definition) is 1. The van der Waals surface area contributed by atoms with Crippen LogP contribution in [0.2, 0.25) is 0 Å². The first-order chi connectivity index (χ1) is 15.5. The lowest BCUT2D eigenvalue weighted by atomic mass is 9.89. The van der Waals surface area contributed by atoms with Gasteiger partial charge in [0, 0.05) is 18.0 Å². The van der Waals surface area contributed by atoms with E-state index in [1.165, 1.54) is 0 Å². The van der Waals surface area contributed by atoms with Crippen molar-refractivity contribution in [2.24, 2.45) is 0 Å². The monoisotopic (exact) mass is 431 g/mol. The van der Waals surface area contributed by atoms with Gasteiger partial charge in [0.15, 0.2) is 0 Å². The average molecular weight is 432 g/mol. The van der Waals surface area contributed by atoms with Crippen LogP contribution in [0.3, 0.4) is 0 Å². The molecule has 32 heavy (non-hydrogen) atoms. The molecule has 5 heteroatoms. The number of fused-ring (bicyclic) bond motifs is 1. The van der Waals surface area contributed by atoms with Crippen molar-refractivity contribution in [3.05, 3.63) is 70.3 Å². The number of ketones is 1. The van der Waals surface area contributed by atoms with Gasteiger partial charge < -0.3 is 14.7 Å². The van der Waals surface area contributed by atoms with Crippen molar-refractivity contribution in [2.75, 3.05) is 0 Å². The van der Waals surface area contributed by atoms with Gasteiger partial charge in [-0.1, -0.05) is 43.5 Å². The highest BCUT2D eigenvalue weighted by molar-refractivity contribution is 6.46. The van der Waals surface area contributed by atoms with E-state index in [1.807, 2.05) is 50.2 Å². The highest BCUT2D eigenvalue weighted by atomic mass is 16.5. The van der Waals surface area contributed by atoms with E-state index in [1.54, 1.807) is 11.0 Å². The van der Waals surface area contributed by atoms with Crippen LogP contribution in [0.25, 0.3) is 5.76 Å². The molecule has 2 atom stereocenters. The highest BCUT2D eigenvalue weighted by Gasteiger charge is 2.49. The van der Waals surface area contributed by atoms with Crippen LogP contribution in [0.15, 0.2) is 48.0 Å². The maximum atomic E-state index is 13.3. The lowest BCUT2D eigenvalue weighted by Crippen LogP contribution is -2.40. The zero-order valence-electron chi connectivity index (χ0n) is 18.6. The Kier molecular flexibility index (Phi) is 5.28. The Morgan fingerprint density at radius 2 is 1.81 bits per heavy atom. The zero-order valence-corrected chi connectivity index (χ0v) is 18.6. The number of aryl methyl sites for hydroxylation is 1. The molecule has 3 aliphatic rings. The number of aliphatic hydroxyl groups excluding tert-OH is 1. The molecule has 166 valence electrons. The molecule has 2 fully saturated rings. The van der Waals surface area contributed by atoms with Crippen LogP contribution >= 0.6 is 0 Å². The first kappa shape index (κ1) is 20.8. The van der Waals surface area contributed by atoms with Gasteiger partial charge in [-0.05, 0) is 61.6 Å². The van der Waals surface area contributed by atoms with Crippen molar-refractivity contribution in [3.63, 3.8) is 0 Å². The van der Waals surface area contributed by atoms with Crippen molar-refractivity contribution in [1.29, 1.82) is 0 Å². The highest BCUT2D eigenvalue weighted by Crippen LogP contribution is 2.44. The molecule has 1 saturated carbocycles. The van der Waals surface area contributed by atoms with E-state index in [-0.39, 0.29) is 23.5 Å². The summed E-state index contributed by atoms with van der Waals surface area (Å²) in [6.45, 7) is 4.00. The second-order valence-electron chi connectivity index (χ2n) is 9.31. The summed E-state index contributed by atoms with van der Waals surface area (Å²) in [5.41, 5.74) is 3.66. The summed E-state index contributed by atoms with van der Waals surface area (Å²) < 4.78 is 5.78. The number of likely N-dealkylation sites (tertiary alicyclic amines) is 1. The van der Waals surface area contributed by atoms with Gasteiger partial charge in [0.1, 0.15) is 17.6 Å². The summed E-state index contributed by atoms with van der Waals surface area (Å²) in [4.78, 5) is 28.4. The first-order valence-electron chi connectivity index (χ1n) is 11.6. The minimum Gasteiger partial charge on any atom is -0.507 e. The third-order valence-electron chi connectivity index (χ3n) is 7.10. The molecule has 0 aromatic heterocycles. The largest absolute Gasteiger partial charge is 0.507 e. The minimum atomic E-state index is -0.591. The fourth-order valence-electron chi connectivity index (χ4n) is 5.51. The molecule has 0 radical (unpaired) electrons. The standard InChI is InChI=1S/C27H29NO4/c1-16-8-6-7-11-21(16)24-23(26(30)27(31)28(24)20-9-4-3-5-10-20)25(29)18-12-13-22-19(15-18)14-17(2)32-22/h6-8,11-13,15,17,20,24,29H,3-5,9-10,14H2,1-2H3/b25-23+. The molecule has 2 aromatic rings. The van der Waals surface area contributed by atoms with Gasteiger partial charge in [0.25, 0.3) is 11.7 Å². The predicted octanol–water partition coefficient (Wildman–Crippen LogP) is 5.07. The number of benzene rings is 2. The van der Waals surface area contributed by atoms with Crippen LogP contribution in [0.4, 0.5) is 0 Å². The SMILES string of the molecule is Cc1ccccc1C1/C(=C(\O)c2ccc3c(c2)CC(C)O3)C(=O)C(=O)N1C1CCCCC1. The van der Waals surface area contributed by atoms with Gasteiger partial charge in [0.2, 0.25) is 0 Å². The Morgan fingerprint density at radius 3 is 2.56 bits per heavy atom. The number of aliphatic hydroxyl groups is 1. The summed E-state index contributed by atoms with van der Waals surface area (Å²) in [7, 11) is 0. The van der Waals surface area contributed by atoms with Gasteiger partial charge in [0.05, 0.1) is 11.6 Å². The van der Waals surface area contributed by atoms with Gasteiger partial charge >= 0.3 is 0 Å².